The van der Waals surface area contributed by atoms with E-state index in [9.17, 15) is 4.79 Å². The smallest absolute Gasteiger partial charge is 0.261 e. The van der Waals surface area contributed by atoms with E-state index in [0.29, 0.717) is 11.3 Å². The van der Waals surface area contributed by atoms with Crippen LogP contribution in [-0.2, 0) is 4.79 Å². The average molecular weight is 290 g/mol. The fraction of sp³-hybridized carbons (Fsp3) is 0.833. The highest BCUT2D eigenvalue weighted by Crippen LogP contribution is 2.38. The van der Waals surface area contributed by atoms with E-state index < -0.39 is 0 Å². The van der Waals surface area contributed by atoms with Crippen LogP contribution in [0.15, 0.2) is 11.6 Å². The zero-order chi connectivity index (χ0) is 15.0. The molecule has 0 aromatic heterocycles. The van der Waals surface area contributed by atoms with Crippen LogP contribution in [-0.4, -0.2) is 24.0 Å². The fourth-order valence-corrected chi connectivity index (χ4v) is 4.37. The number of nitrogens with zero attached hydrogens (tertiary/aromatic N) is 1. The van der Waals surface area contributed by atoms with Crippen LogP contribution in [0.4, 0.5) is 0 Å². The lowest BCUT2D eigenvalue weighted by molar-refractivity contribution is -0.122. The van der Waals surface area contributed by atoms with Crippen molar-refractivity contribution >= 4 is 5.91 Å². The van der Waals surface area contributed by atoms with Crippen molar-refractivity contribution in [2.75, 3.05) is 13.1 Å². The maximum absolute atomic E-state index is 12.4. The number of amides is 1. The van der Waals surface area contributed by atoms with Crippen LogP contribution in [0.1, 0.15) is 59.3 Å². The molecule has 0 bridgehead atoms. The van der Waals surface area contributed by atoms with Gasteiger partial charge in [0.2, 0.25) is 0 Å². The van der Waals surface area contributed by atoms with Crippen molar-refractivity contribution in [3.05, 3.63) is 11.6 Å². The van der Waals surface area contributed by atoms with Gasteiger partial charge in [-0.1, -0.05) is 33.3 Å². The van der Waals surface area contributed by atoms with Gasteiger partial charge in [-0.25, -0.2) is 5.01 Å². The number of rotatable bonds is 2. The number of carbonyl (C=O) groups is 1. The van der Waals surface area contributed by atoms with Gasteiger partial charge in [-0.2, -0.15) is 0 Å². The first-order valence-electron chi connectivity index (χ1n) is 8.68. The zero-order valence-electron chi connectivity index (χ0n) is 13.8. The monoisotopic (exact) mass is 290 g/mol. The second kappa shape index (κ2) is 5.75. The molecule has 118 valence electrons. The highest BCUT2D eigenvalue weighted by atomic mass is 16.2. The normalized spacial score (nSPS) is 33.7. The maximum atomic E-state index is 12.4. The molecule has 1 aliphatic heterocycles. The lowest BCUT2D eigenvalue weighted by Crippen LogP contribution is -2.42. The minimum absolute atomic E-state index is 0.155. The molecule has 1 saturated carbocycles. The van der Waals surface area contributed by atoms with Crippen molar-refractivity contribution < 1.29 is 4.79 Å². The van der Waals surface area contributed by atoms with Crippen molar-refractivity contribution in [2.45, 2.75) is 59.3 Å². The predicted molar refractivity (Wildman–Crippen MR) is 85.4 cm³/mol. The van der Waals surface area contributed by atoms with Crippen LogP contribution in [0.25, 0.3) is 0 Å². The Hall–Kier alpha value is -0.830. The third-order valence-corrected chi connectivity index (χ3v) is 5.91. The van der Waals surface area contributed by atoms with Gasteiger partial charge in [-0.05, 0) is 55.3 Å². The van der Waals surface area contributed by atoms with Crippen molar-refractivity contribution in [1.29, 1.82) is 0 Å². The number of fused-ring (bicyclic) bond motifs is 1. The molecule has 2 aliphatic carbocycles. The fourth-order valence-electron chi connectivity index (χ4n) is 4.37. The number of carbonyl (C=O) groups excluding carboxylic acids is 1. The third-order valence-electron chi connectivity index (χ3n) is 5.91. The molecule has 0 radical (unpaired) electrons. The van der Waals surface area contributed by atoms with Crippen molar-refractivity contribution in [2.24, 2.45) is 23.2 Å². The average Bonchev–Trinajstić information content (AvgIpc) is 2.98. The van der Waals surface area contributed by atoms with Crippen LogP contribution in [0.5, 0.6) is 0 Å². The molecule has 2 fully saturated rings. The van der Waals surface area contributed by atoms with Crippen LogP contribution in [0, 0.1) is 23.2 Å². The number of hydrogen-bond donors (Lipinski definition) is 1. The van der Waals surface area contributed by atoms with E-state index in [1.165, 1.54) is 19.3 Å². The SMILES string of the molecule is CC(C)(C)C1CC=C(C(=O)NN2CC3CCCC3C2)CC1. The molecule has 3 aliphatic rings. The topological polar surface area (TPSA) is 32.3 Å². The Morgan fingerprint density at radius 2 is 1.86 bits per heavy atom. The predicted octanol–water partition coefficient (Wildman–Crippen LogP) is 3.52. The van der Waals surface area contributed by atoms with E-state index in [1.54, 1.807) is 0 Å². The number of hydrogen-bond acceptors (Lipinski definition) is 2. The summed E-state index contributed by atoms with van der Waals surface area (Å²) in [4.78, 5) is 12.4. The molecule has 21 heavy (non-hydrogen) atoms. The summed E-state index contributed by atoms with van der Waals surface area (Å²) in [6.07, 6.45) is 9.42. The summed E-state index contributed by atoms with van der Waals surface area (Å²) in [6, 6.07) is 0. The Kier molecular flexibility index (Phi) is 4.13. The minimum Gasteiger partial charge on any atom is -0.285 e. The highest BCUT2D eigenvalue weighted by molar-refractivity contribution is 5.93. The largest absolute Gasteiger partial charge is 0.285 e. The number of allylic oxidation sites excluding steroid dienone is 1. The number of nitrogens with one attached hydrogen (secondary N) is 1. The maximum Gasteiger partial charge on any atom is 0.261 e. The lowest BCUT2D eigenvalue weighted by Gasteiger charge is -2.33. The Morgan fingerprint density at radius 3 is 2.38 bits per heavy atom. The van der Waals surface area contributed by atoms with Gasteiger partial charge in [0.15, 0.2) is 0 Å². The van der Waals surface area contributed by atoms with Gasteiger partial charge in [-0.3, -0.25) is 10.2 Å². The molecule has 1 N–H and O–H groups in total. The first-order valence-corrected chi connectivity index (χ1v) is 8.68. The van der Waals surface area contributed by atoms with Crippen molar-refractivity contribution in [1.82, 2.24) is 10.4 Å². The molecule has 1 amide bonds. The summed E-state index contributed by atoms with van der Waals surface area (Å²) in [5, 5.41) is 2.17. The highest BCUT2D eigenvalue weighted by Gasteiger charge is 2.37. The van der Waals surface area contributed by atoms with E-state index in [0.717, 1.165) is 49.8 Å². The summed E-state index contributed by atoms with van der Waals surface area (Å²) in [7, 11) is 0. The van der Waals surface area contributed by atoms with Gasteiger partial charge in [0, 0.05) is 18.7 Å². The molecular formula is C18H30N2O. The van der Waals surface area contributed by atoms with Crippen LogP contribution < -0.4 is 5.43 Å². The molecular weight excluding hydrogens is 260 g/mol. The summed E-state index contributed by atoms with van der Waals surface area (Å²) < 4.78 is 0. The Bertz CT molecular complexity index is 423. The molecule has 3 heteroatoms. The second-order valence-electron chi connectivity index (χ2n) is 8.36. The van der Waals surface area contributed by atoms with Crippen LogP contribution >= 0.6 is 0 Å². The lowest BCUT2D eigenvalue weighted by atomic mass is 9.73. The summed E-state index contributed by atoms with van der Waals surface area (Å²) in [6.45, 7) is 9.04. The van der Waals surface area contributed by atoms with E-state index in [2.05, 4.69) is 37.3 Å². The molecule has 0 aromatic rings. The van der Waals surface area contributed by atoms with Crippen molar-refractivity contribution in [3.63, 3.8) is 0 Å². The molecule has 0 aromatic carbocycles. The van der Waals surface area contributed by atoms with Crippen molar-refractivity contribution in [3.8, 4) is 0 Å². The quantitative estimate of drug-likeness (QED) is 0.844. The minimum atomic E-state index is 0.155. The molecule has 1 saturated heterocycles. The molecule has 3 nitrogen and oxygen atoms in total. The first-order chi connectivity index (χ1) is 9.93. The summed E-state index contributed by atoms with van der Waals surface area (Å²) in [5.74, 6) is 2.52. The van der Waals surface area contributed by atoms with Gasteiger partial charge in [0.1, 0.15) is 0 Å². The van der Waals surface area contributed by atoms with E-state index in [-0.39, 0.29) is 5.91 Å². The third kappa shape index (κ3) is 3.33. The first kappa shape index (κ1) is 15.1. The Morgan fingerprint density at radius 1 is 1.19 bits per heavy atom. The van der Waals surface area contributed by atoms with Gasteiger partial charge >= 0.3 is 0 Å². The standard InChI is InChI=1S/C18H30N2O/c1-18(2,3)16-9-7-13(8-10-16)17(21)19-20-11-14-5-4-6-15(14)12-20/h7,14-16H,4-6,8-12H2,1-3H3,(H,19,21). The van der Waals surface area contributed by atoms with Gasteiger partial charge < -0.3 is 0 Å². The number of hydrazine groups is 1. The molecule has 3 atom stereocenters. The van der Waals surface area contributed by atoms with E-state index in [1.807, 2.05) is 0 Å². The van der Waals surface area contributed by atoms with Crippen LogP contribution in [0.2, 0.25) is 0 Å². The Balaban J connectivity index is 1.51. The van der Waals surface area contributed by atoms with E-state index >= 15 is 0 Å². The van der Waals surface area contributed by atoms with E-state index in [4.69, 9.17) is 0 Å². The summed E-state index contributed by atoms with van der Waals surface area (Å²) in [5.41, 5.74) is 4.52. The molecule has 0 spiro atoms. The molecule has 1 heterocycles. The zero-order valence-corrected chi connectivity index (χ0v) is 13.8. The second-order valence-corrected chi connectivity index (χ2v) is 8.36. The van der Waals surface area contributed by atoms with Gasteiger partial charge in [0.05, 0.1) is 0 Å². The van der Waals surface area contributed by atoms with Gasteiger partial charge in [0.25, 0.3) is 5.91 Å². The van der Waals surface area contributed by atoms with Gasteiger partial charge in [-0.15, -0.1) is 0 Å². The summed E-state index contributed by atoms with van der Waals surface area (Å²) >= 11 is 0. The Labute approximate surface area is 129 Å². The van der Waals surface area contributed by atoms with Crippen LogP contribution in [0.3, 0.4) is 0 Å². The molecule has 3 unspecified atom stereocenters. The molecule has 3 rings (SSSR count).